The van der Waals surface area contributed by atoms with Crippen LogP contribution in [0.1, 0.15) is 5.56 Å². The van der Waals surface area contributed by atoms with Crippen molar-refractivity contribution in [3.63, 3.8) is 0 Å². The standard InChI is InChI=1S/C17H11ClFNO3/c1-23-11-8-6-10(7-9-11)14-15(18)17(22)20(16(14)21)13-5-3-2-4-12(13)19/h2-9H,1H3. The van der Waals surface area contributed by atoms with Crippen LogP contribution in [0.5, 0.6) is 5.75 Å². The predicted octanol–water partition coefficient (Wildman–Crippen LogP) is 3.36. The van der Waals surface area contributed by atoms with E-state index in [2.05, 4.69) is 0 Å². The quantitative estimate of drug-likeness (QED) is 0.810. The monoisotopic (exact) mass is 331 g/mol. The van der Waals surface area contributed by atoms with Crippen LogP contribution >= 0.6 is 11.6 Å². The van der Waals surface area contributed by atoms with Gasteiger partial charge >= 0.3 is 0 Å². The van der Waals surface area contributed by atoms with E-state index < -0.39 is 17.6 Å². The Morgan fingerprint density at radius 3 is 2.26 bits per heavy atom. The van der Waals surface area contributed by atoms with E-state index in [9.17, 15) is 14.0 Å². The Balaban J connectivity index is 2.04. The van der Waals surface area contributed by atoms with Gasteiger partial charge in [0.15, 0.2) is 0 Å². The van der Waals surface area contributed by atoms with Crippen molar-refractivity contribution in [2.75, 3.05) is 12.0 Å². The van der Waals surface area contributed by atoms with Crippen molar-refractivity contribution in [2.45, 2.75) is 0 Å². The van der Waals surface area contributed by atoms with E-state index in [-0.39, 0.29) is 16.3 Å². The lowest BCUT2D eigenvalue weighted by molar-refractivity contribution is -0.119. The summed E-state index contributed by atoms with van der Waals surface area (Å²) in [6, 6.07) is 12.1. The van der Waals surface area contributed by atoms with E-state index >= 15 is 0 Å². The number of benzene rings is 2. The Bertz CT molecular complexity index is 830. The summed E-state index contributed by atoms with van der Waals surface area (Å²) in [5.74, 6) is -1.47. The molecule has 2 aromatic rings. The molecule has 6 heteroatoms. The van der Waals surface area contributed by atoms with E-state index in [1.54, 1.807) is 24.3 Å². The Kier molecular flexibility index (Phi) is 3.88. The molecule has 2 amide bonds. The smallest absolute Gasteiger partial charge is 0.277 e. The van der Waals surface area contributed by atoms with Crippen LogP contribution in [0.4, 0.5) is 10.1 Å². The highest BCUT2D eigenvalue weighted by Gasteiger charge is 2.40. The van der Waals surface area contributed by atoms with Crippen LogP contribution < -0.4 is 9.64 Å². The summed E-state index contributed by atoms with van der Waals surface area (Å²) in [7, 11) is 1.52. The molecule has 0 atom stereocenters. The van der Waals surface area contributed by atoms with Crippen LogP contribution in [0.2, 0.25) is 0 Å². The van der Waals surface area contributed by atoms with Crippen LogP contribution in [0.15, 0.2) is 53.6 Å². The second kappa shape index (κ2) is 5.85. The molecule has 1 heterocycles. The van der Waals surface area contributed by atoms with Crippen molar-refractivity contribution >= 4 is 34.7 Å². The zero-order valence-electron chi connectivity index (χ0n) is 12.0. The summed E-state index contributed by atoms with van der Waals surface area (Å²) >= 11 is 6.04. The van der Waals surface area contributed by atoms with Crippen LogP contribution in [0, 0.1) is 5.82 Å². The molecule has 0 fully saturated rings. The van der Waals surface area contributed by atoms with Gasteiger partial charge in [-0.15, -0.1) is 0 Å². The van der Waals surface area contributed by atoms with Gasteiger partial charge < -0.3 is 4.74 Å². The SMILES string of the molecule is COc1ccc(C2=C(Cl)C(=O)N(c3ccccc3F)C2=O)cc1. The number of methoxy groups -OCH3 is 1. The highest BCUT2D eigenvalue weighted by atomic mass is 35.5. The molecule has 0 saturated heterocycles. The molecule has 0 unspecified atom stereocenters. The first-order chi connectivity index (χ1) is 11.0. The Morgan fingerprint density at radius 2 is 1.65 bits per heavy atom. The third kappa shape index (κ3) is 2.49. The second-order valence-corrected chi connectivity index (χ2v) is 5.19. The van der Waals surface area contributed by atoms with Crippen molar-refractivity contribution in [3.05, 3.63) is 64.9 Å². The average molecular weight is 332 g/mol. The fraction of sp³-hybridized carbons (Fsp3) is 0.0588. The molecule has 2 aromatic carbocycles. The van der Waals surface area contributed by atoms with Gasteiger partial charge in [0.2, 0.25) is 0 Å². The summed E-state index contributed by atoms with van der Waals surface area (Å²) in [6.07, 6.45) is 0. The molecule has 0 spiro atoms. The highest BCUT2D eigenvalue weighted by Crippen LogP contribution is 2.36. The van der Waals surface area contributed by atoms with Crippen LogP contribution in [-0.4, -0.2) is 18.9 Å². The molecular weight excluding hydrogens is 321 g/mol. The summed E-state index contributed by atoms with van der Waals surface area (Å²) in [5.41, 5.74) is 0.389. The topological polar surface area (TPSA) is 46.6 Å². The molecule has 1 aliphatic heterocycles. The molecular formula is C17H11ClFNO3. The molecule has 0 N–H and O–H groups in total. The number of imide groups is 1. The largest absolute Gasteiger partial charge is 0.497 e. The number of carbonyl (C=O) groups excluding carboxylic acids is 2. The maximum atomic E-state index is 13.9. The number of amides is 2. The first kappa shape index (κ1) is 15.2. The second-order valence-electron chi connectivity index (χ2n) is 4.81. The van der Waals surface area contributed by atoms with Gasteiger partial charge in [0.1, 0.15) is 16.6 Å². The average Bonchev–Trinajstić information content (AvgIpc) is 2.78. The molecule has 0 aromatic heterocycles. The number of hydrogen-bond donors (Lipinski definition) is 0. The van der Waals surface area contributed by atoms with Crippen molar-refractivity contribution < 1.29 is 18.7 Å². The van der Waals surface area contributed by atoms with Gasteiger partial charge in [0.05, 0.1) is 18.4 Å². The van der Waals surface area contributed by atoms with Crippen molar-refractivity contribution in [2.24, 2.45) is 0 Å². The Labute approximate surface area is 136 Å². The third-order valence-corrected chi connectivity index (χ3v) is 3.85. The molecule has 116 valence electrons. The van der Waals surface area contributed by atoms with E-state index in [1.165, 1.54) is 31.4 Å². The van der Waals surface area contributed by atoms with E-state index in [0.29, 0.717) is 11.3 Å². The van der Waals surface area contributed by atoms with Crippen molar-refractivity contribution in [1.29, 1.82) is 0 Å². The van der Waals surface area contributed by atoms with Gasteiger partial charge in [-0.3, -0.25) is 9.59 Å². The summed E-state index contributed by atoms with van der Waals surface area (Å²) in [5, 5.41) is -0.233. The summed E-state index contributed by atoms with van der Waals surface area (Å²) in [6.45, 7) is 0. The molecule has 1 aliphatic rings. The van der Waals surface area contributed by atoms with Crippen molar-refractivity contribution in [3.8, 4) is 5.75 Å². The van der Waals surface area contributed by atoms with Crippen LogP contribution in [-0.2, 0) is 9.59 Å². The zero-order valence-corrected chi connectivity index (χ0v) is 12.8. The minimum Gasteiger partial charge on any atom is -0.497 e. The van der Waals surface area contributed by atoms with Gasteiger partial charge in [-0.25, -0.2) is 9.29 Å². The van der Waals surface area contributed by atoms with Gasteiger partial charge in [-0.05, 0) is 29.8 Å². The highest BCUT2D eigenvalue weighted by molar-refractivity contribution is 6.60. The number of anilines is 1. The molecule has 0 radical (unpaired) electrons. The Morgan fingerprint density at radius 1 is 1.00 bits per heavy atom. The lowest BCUT2D eigenvalue weighted by Gasteiger charge is -2.15. The van der Waals surface area contributed by atoms with E-state index in [1.807, 2.05) is 0 Å². The number of ether oxygens (including phenoxy) is 1. The maximum absolute atomic E-state index is 13.9. The number of para-hydroxylation sites is 1. The molecule has 0 aliphatic carbocycles. The fourth-order valence-corrected chi connectivity index (χ4v) is 2.64. The zero-order chi connectivity index (χ0) is 16.6. The minimum absolute atomic E-state index is 0.0440. The summed E-state index contributed by atoms with van der Waals surface area (Å²) < 4.78 is 19.0. The number of carbonyl (C=O) groups is 2. The number of nitrogens with zero attached hydrogens (tertiary/aromatic N) is 1. The van der Waals surface area contributed by atoms with Gasteiger partial charge in [-0.2, -0.15) is 0 Å². The molecule has 4 nitrogen and oxygen atoms in total. The Hall–Kier alpha value is -2.66. The van der Waals surface area contributed by atoms with Crippen LogP contribution in [0.25, 0.3) is 5.57 Å². The number of hydrogen-bond acceptors (Lipinski definition) is 3. The first-order valence-corrected chi connectivity index (χ1v) is 7.10. The lowest BCUT2D eigenvalue weighted by atomic mass is 10.1. The molecule has 3 rings (SSSR count). The predicted molar refractivity (Wildman–Crippen MR) is 84.7 cm³/mol. The normalized spacial score (nSPS) is 14.7. The maximum Gasteiger partial charge on any atom is 0.277 e. The van der Waals surface area contributed by atoms with Gasteiger partial charge in [0.25, 0.3) is 11.8 Å². The van der Waals surface area contributed by atoms with E-state index in [0.717, 1.165) is 4.90 Å². The molecule has 0 bridgehead atoms. The third-order valence-electron chi connectivity index (χ3n) is 3.50. The molecule has 23 heavy (non-hydrogen) atoms. The van der Waals surface area contributed by atoms with Gasteiger partial charge in [0, 0.05) is 0 Å². The van der Waals surface area contributed by atoms with Crippen LogP contribution in [0.3, 0.4) is 0 Å². The fourth-order valence-electron chi connectivity index (χ4n) is 2.36. The first-order valence-electron chi connectivity index (χ1n) is 6.72. The number of halogens is 2. The van der Waals surface area contributed by atoms with E-state index in [4.69, 9.17) is 16.3 Å². The molecule has 0 saturated carbocycles. The number of rotatable bonds is 3. The van der Waals surface area contributed by atoms with Crippen molar-refractivity contribution in [1.82, 2.24) is 0 Å². The lowest BCUT2D eigenvalue weighted by Crippen LogP contribution is -2.31. The minimum atomic E-state index is -0.743. The van der Waals surface area contributed by atoms with Gasteiger partial charge in [-0.1, -0.05) is 35.9 Å². The summed E-state index contributed by atoms with van der Waals surface area (Å²) in [4.78, 5) is 25.6.